The third-order valence-electron chi connectivity index (χ3n) is 6.27. The van der Waals surface area contributed by atoms with Crippen LogP contribution in [0.3, 0.4) is 0 Å². The number of methoxy groups -OCH3 is 1. The minimum absolute atomic E-state index is 0.0334. The summed E-state index contributed by atoms with van der Waals surface area (Å²) in [5.74, 6) is 2.96. The van der Waals surface area contributed by atoms with Crippen LogP contribution in [-0.2, 0) is 6.54 Å². The molecule has 0 spiro atoms. The van der Waals surface area contributed by atoms with Crippen molar-refractivity contribution in [1.82, 2.24) is 14.5 Å². The van der Waals surface area contributed by atoms with Gasteiger partial charge >= 0.3 is 0 Å². The molecule has 5 rings (SSSR count). The number of nitrogens with zero attached hydrogens (tertiary/aromatic N) is 5. The van der Waals surface area contributed by atoms with Crippen molar-refractivity contribution in [2.75, 3.05) is 37.0 Å². The molecule has 0 atom stereocenters. The maximum absolute atomic E-state index is 13.5. The fourth-order valence-electron chi connectivity index (χ4n) is 4.72. The van der Waals surface area contributed by atoms with Crippen LogP contribution in [0.25, 0.3) is 0 Å². The molecule has 8 nitrogen and oxygen atoms in total. The summed E-state index contributed by atoms with van der Waals surface area (Å²) in [6, 6.07) is 6.41. The number of anilines is 2. The average Bonchev–Trinajstić information content (AvgIpc) is 3.50. The van der Waals surface area contributed by atoms with Gasteiger partial charge in [-0.05, 0) is 53.4 Å². The van der Waals surface area contributed by atoms with Gasteiger partial charge in [0, 0.05) is 19.1 Å². The van der Waals surface area contributed by atoms with Gasteiger partial charge in [-0.2, -0.15) is 4.98 Å². The number of halogens is 1. The Hall–Kier alpha value is -2.55. The molecule has 2 aliphatic heterocycles. The van der Waals surface area contributed by atoms with Gasteiger partial charge in [0.15, 0.2) is 11.5 Å². The highest BCUT2D eigenvalue weighted by molar-refractivity contribution is 9.10. The smallest absolute Gasteiger partial charge is 0.281 e. The highest BCUT2D eigenvalue weighted by Crippen LogP contribution is 2.35. The summed E-state index contributed by atoms with van der Waals surface area (Å²) in [5.41, 5.74) is 1.70. The first-order valence-corrected chi connectivity index (χ1v) is 11.7. The molecule has 1 aromatic carbocycles. The molecule has 2 aromatic rings. The first-order valence-electron chi connectivity index (χ1n) is 10.9. The minimum Gasteiger partial charge on any atom is -0.496 e. The number of ether oxygens (including phenoxy) is 1. The van der Waals surface area contributed by atoms with Gasteiger partial charge in [0.1, 0.15) is 5.75 Å². The number of nitrogens with one attached hydrogen (secondary N) is 1. The van der Waals surface area contributed by atoms with Crippen LogP contribution in [-0.4, -0.2) is 59.1 Å². The number of aromatic nitrogens is 2. The number of aliphatic imine (C=N–C) groups is 1. The Morgan fingerprint density at radius 2 is 2.10 bits per heavy atom. The molecular formula is C22H27BrN6O2. The molecule has 0 saturated heterocycles. The van der Waals surface area contributed by atoms with Crippen LogP contribution in [0.1, 0.15) is 48.7 Å². The average molecular weight is 487 g/mol. The summed E-state index contributed by atoms with van der Waals surface area (Å²) in [6.45, 7) is 4.55. The first-order chi connectivity index (χ1) is 15.1. The highest BCUT2D eigenvalue weighted by Gasteiger charge is 2.41. The van der Waals surface area contributed by atoms with Gasteiger partial charge in [-0.3, -0.25) is 24.2 Å². The number of hydrogen-bond donors (Lipinski definition) is 1. The van der Waals surface area contributed by atoms with E-state index < -0.39 is 0 Å². The van der Waals surface area contributed by atoms with Crippen LogP contribution in [0.5, 0.6) is 5.75 Å². The van der Waals surface area contributed by atoms with E-state index in [-0.39, 0.29) is 5.91 Å². The normalized spacial score (nSPS) is 18.3. The maximum Gasteiger partial charge on any atom is 0.281 e. The fraction of sp³-hybridized carbons (Fsp3) is 0.500. The summed E-state index contributed by atoms with van der Waals surface area (Å²) in [5, 5.41) is 3.64. The molecule has 9 heteroatoms. The van der Waals surface area contributed by atoms with E-state index in [2.05, 4.69) is 31.1 Å². The maximum atomic E-state index is 13.5. The van der Waals surface area contributed by atoms with Crippen molar-refractivity contribution in [1.29, 1.82) is 0 Å². The summed E-state index contributed by atoms with van der Waals surface area (Å²) in [7, 11) is 1.66. The van der Waals surface area contributed by atoms with Crippen molar-refractivity contribution in [3.05, 3.63) is 33.9 Å². The number of benzene rings is 1. The molecule has 1 N–H and O–H groups in total. The second-order valence-corrected chi connectivity index (χ2v) is 9.03. The van der Waals surface area contributed by atoms with Gasteiger partial charge < -0.3 is 10.1 Å². The van der Waals surface area contributed by atoms with Crippen LogP contribution < -0.4 is 15.0 Å². The third-order valence-corrected chi connectivity index (χ3v) is 6.89. The summed E-state index contributed by atoms with van der Waals surface area (Å²) in [6.07, 6.45) is 4.73. The lowest BCUT2D eigenvalue weighted by atomic mass is 10.2. The molecule has 164 valence electrons. The van der Waals surface area contributed by atoms with Crippen molar-refractivity contribution >= 4 is 39.6 Å². The number of carbonyl (C=O) groups excluding carboxylic acids is 1. The molecule has 1 saturated carbocycles. The Morgan fingerprint density at radius 1 is 1.29 bits per heavy atom. The zero-order valence-corrected chi connectivity index (χ0v) is 19.5. The third kappa shape index (κ3) is 3.48. The first kappa shape index (κ1) is 20.4. The number of rotatable bonds is 6. The van der Waals surface area contributed by atoms with Crippen molar-refractivity contribution < 1.29 is 9.53 Å². The van der Waals surface area contributed by atoms with Crippen molar-refractivity contribution in [3.63, 3.8) is 0 Å². The zero-order chi connectivity index (χ0) is 21.5. The molecule has 1 aromatic heterocycles. The lowest BCUT2D eigenvalue weighted by Crippen LogP contribution is -2.50. The Balaban J connectivity index is 1.59. The Labute approximate surface area is 190 Å². The van der Waals surface area contributed by atoms with Crippen LogP contribution in [0.2, 0.25) is 0 Å². The van der Waals surface area contributed by atoms with Crippen molar-refractivity contribution in [2.24, 2.45) is 4.99 Å². The second kappa shape index (κ2) is 8.18. The van der Waals surface area contributed by atoms with Gasteiger partial charge in [-0.1, -0.05) is 18.9 Å². The molecule has 0 unspecified atom stereocenters. The minimum atomic E-state index is -0.0334. The lowest BCUT2D eigenvalue weighted by Gasteiger charge is -2.32. The number of imidazole rings is 1. The molecule has 3 heterocycles. The van der Waals surface area contributed by atoms with E-state index in [4.69, 9.17) is 9.72 Å². The molecule has 3 aliphatic rings. The van der Waals surface area contributed by atoms with Gasteiger partial charge in [-0.25, -0.2) is 0 Å². The van der Waals surface area contributed by atoms with E-state index in [1.165, 1.54) is 12.8 Å². The standard InChI is InChI=1S/C22H27BrN6O2/c1-3-27-20(30)18-19(28-11-10-24-22(27)28)26-21(25-15-6-4-5-7-15)29(18)13-14-8-9-17(31-2)16(23)12-14/h8-9,12,15H,3-7,10-11,13H2,1-2H3,(H,25,26). The summed E-state index contributed by atoms with van der Waals surface area (Å²) >= 11 is 3.58. The number of amides is 1. The molecule has 1 fully saturated rings. The number of carbonyl (C=O) groups is 1. The lowest BCUT2D eigenvalue weighted by molar-refractivity contribution is 0.0836. The number of guanidine groups is 1. The van der Waals surface area contributed by atoms with E-state index in [0.717, 1.165) is 52.9 Å². The molecule has 0 bridgehead atoms. The van der Waals surface area contributed by atoms with E-state index in [9.17, 15) is 4.79 Å². The van der Waals surface area contributed by atoms with Gasteiger partial charge in [-0.15, -0.1) is 0 Å². The van der Waals surface area contributed by atoms with Crippen molar-refractivity contribution in [2.45, 2.75) is 45.2 Å². The summed E-state index contributed by atoms with van der Waals surface area (Å²) < 4.78 is 8.31. The van der Waals surface area contributed by atoms with Crippen LogP contribution >= 0.6 is 15.9 Å². The number of fused-ring (bicyclic) bond motifs is 3. The second-order valence-electron chi connectivity index (χ2n) is 8.17. The van der Waals surface area contributed by atoms with Gasteiger partial charge in [0.05, 0.1) is 24.7 Å². The predicted octanol–water partition coefficient (Wildman–Crippen LogP) is 3.71. The van der Waals surface area contributed by atoms with Gasteiger partial charge in [0.25, 0.3) is 5.91 Å². The predicted molar refractivity (Wildman–Crippen MR) is 124 cm³/mol. The summed E-state index contributed by atoms with van der Waals surface area (Å²) in [4.78, 5) is 26.9. The van der Waals surface area contributed by atoms with E-state index in [1.54, 1.807) is 12.0 Å². The SMILES string of the molecule is CCN1C(=O)c2c(nc(NC3CCCC3)n2Cc2ccc(OC)c(Br)c2)N2CCN=C12. The van der Waals surface area contributed by atoms with E-state index in [1.807, 2.05) is 29.7 Å². The molecule has 31 heavy (non-hydrogen) atoms. The van der Waals surface area contributed by atoms with Crippen molar-refractivity contribution in [3.8, 4) is 5.75 Å². The molecular weight excluding hydrogens is 460 g/mol. The monoisotopic (exact) mass is 486 g/mol. The topological polar surface area (TPSA) is 75.0 Å². The van der Waals surface area contributed by atoms with Gasteiger partial charge in [0.2, 0.25) is 11.9 Å². The molecule has 0 radical (unpaired) electrons. The van der Waals surface area contributed by atoms with Crippen LogP contribution in [0.15, 0.2) is 27.7 Å². The van der Waals surface area contributed by atoms with E-state index >= 15 is 0 Å². The molecule has 1 aliphatic carbocycles. The zero-order valence-electron chi connectivity index (χ0n) is 17.9. The largest absolute Gasteiger partial charge is 0.496 e. The van der Waals surface area contributed by atoms with E-state index in [0.29, 0.717) is 31.4 Å². The number of hydrogen-bond acceptors (Lipinski definition) is 6. The Kier molecular flexibility index (Phi) is 5.37. The fourth-order valence-corrected chi connectivity index (χ4v) is 5.31. The van der Waals surface area contributed by atoms with Crippen LogP contribution in [0.4, 0.5) is 11.8 Å². The highest BCUT2D eigenvalue weighted by atomic mass is 79.9. The Morgan fingerprint density at radius 3 is 2.81 bits per heavy atom. The Bertz CT molecular complexity index is 1040. The quantitative estimate of drug-likeness (QED) is 0.673. The molecule has 1 amide bonds. The van der Waals surface area contributed by atoms with Crippen LogP contribution in [0, 0.1) is 0 Å².